The van der Waals surface area contributed by atoms with E-state index in [0.29, 0.717) is 18.7 Å². The van der Waals surface area contributed by atoms with Gasteiger partial charge >= 0.3 is 5.97 Å². The summed E-state index contributed by atoms with van der Waals surface area (Å²) < 4.78 is 5.51. The van der Waals surface area contributed by atoms with Crippen LogP contribution in [0.4, 0.5) is 0 Å². The summed E-state index contributed by atoms with van der Waals surface area (Å²) in [5, 5.41) is 11.4. The van der Waals surface area contributed by atoms with E-state index < -0.39 is 11.6 Å². The number of carbonyl (C=O) groups excluding carboxylic acids is 1. The second-order valence-corrected chi connectivity index (χ2v) is 5.17. The zero-order valence-corrected chi connectivity index (χ0v) is 12.6. The molecule has 5 nitrogen and oxygen atoms in total. The van der Waals surface area contributed by atoms with Crippen molar-refractivity contribution in [2.45, 2.75) is 26.4 Å². The van der Waals surface area contributed by atoms with Gasteiger partial charge in [0.1, 0.15) is 0 Å². The van der Waals surface area contributed by atoms with Gasteiger partial charge in [-0.1, -0.05) is 12.1 Å². The van der Waals surface area contributed by atoms with Crippen molar-refractivity contribution >= 4 is 18.0 Å². The number of nitrogens with one attached hydrogen (secondary N) is 1. The number of rotatable bonds is 7. The van der Waals surface area contributed by atoms with Crippen LogP contribution in [0.25, 0.3) is 6.08 Å². The van der Waals surface area contributed by atoms with E-state index >= 15 is 0 Å². The first-order valence-electron chi connectivity index (χ1n) is 6.77. The van der Waals surface area contributed by atoms with Crippen molar-refractivity contribution in [1.29, 1.82) is 0 Å². The summed E-state index contributed by atoms with van der Waals surface area (Å²) in [5.74, 6) is -1.19. The third-order valence-electron chi connectivity index (χ3n) is 2.80. The highest BCUT2D eigenvalue weighted by atomic mass is 16.5. The molecule has 0 saturated heterocycles. The summed E-state index contributed by atoms with van der Waals surface area (Å²) in [6.07, 6.45) is 2.53. The Labute approximate surface area is 124 Å². The fourth-order valence-electron chi connectivity index (χ4n) is 1.75. The van der Waals surface area contributed by atoms with Crippen LogP contribution in [0.15, 0.2) is 30.3 Å². The molecule has 5 heteroatoms. The van der Waals surface area contributed by atoms with Gasteiger partial charge in [0.15, 0.2) is 0 Å². The van der Waals surface area contributed by atoms with E-state index in [-0.39, 0.29) is 5.91 Å². The molecule has 1 rings (SSSR count). The van der Waals surface area contributed by atoms with Gasteiger partial charge in [-0.3, -0.25) is 4.79 Å². The van der Waals surface area contributed by atoms with Crippen molar-refractivity contribution in [3.63, 3.8) is 0 Å². The lowest BCUT2D eigenvalue weighted by molar-refractivity contribution is -0.131. The minimum atomic E-state index is -1.00. The van der Waals surface area contributed by atoms with Crippen LogP contribution in [0.3, 0.4) is 0 Å². The van der Waals surface area contributed by atoms with E-state index in [1.54, 1.807) is 24.3 Å². The Morgan fingerprint density at radius 1 is 1.29 bits per heavy atom. The first kappa shape index (κ1) is 16.9. The van der Waals surface area contributed by atoms with Gasteiger partial charge in [0.05, 0.1) is 5.60 Å². The number of carboxylic acid groups (broad SMARTS) is 1. The third-order valence-corrected chi connectivity index (χ3v) is 2.80. The molecule has 1 amide bonds. The Balaban J connectivity index is 2.61. The zero-order chi connectivity index (χ0) is 15.9. The minimum absolute atomic E-state index is 0.184. The van der Waals surface area contributed by atoms with Crippen molar-refractivity contribution in [2.75, 3.05) is 13.2 Å². The van der Waals surface area contributed by atoms with E-state index in [1.165, 1.54) is 6.08 Å². The minimum Gasteiger partial charge on any atom is -0.478 e. The van der Waals surface area contributed by atoms with Gasteiger partial charge in [-0.2, -0.15) is 0 Å². The highest BCUT2D eigenvalue weighted by molar-refractivity contribution is 5.94. The number of hydrogen-bond donors (Lipinski definition) is 2. The predicted octanol–water partition coefficient (Wildman–Crippen LogP) is 2.33. The van der Waals surface area contributed by atoms with Gasteiger partial charge in [-0.15, -0.1) is 0 Å². The molecule has 1 aromatic rings. The van der Waals surface area contributed by atoms with E-state index in [0.717, 1.165) is 11.6 Å². The van der Waals surface area contributed by atoms with Gasteiger partial charge in [0, 0.05) is 24.8 Å². The summed E-state index contributed by atoms with van der Waals surface area (Å²) in [5.41, 5.74) is 0.840. The van der Waals surface area contributed by atoms with Gasteiger partial charge < -0.3 is 15.2 Å². The molecule has 1 aromatic carbocycles. The molecule has 0 saturated carbocycles. The number of hydrogen-bond acceptors (Lipinski definition) is 3. The molecule has 0 aliphatic heterocycles. The van der Waals surface area contributed by atoms with Crippen LogP contribution in [0.2, 0.25) is 0 Å². The molecule has 114 valence electrons. The van der Waals surface area contributed by atoms with Crippen molar-refractivity contribution in [1.82, 2.24) is 5.32 Å². The molecule has 0 spiro atoms. The van der Waals surface area contributed by atoms with Crippen molar-refractivity contribution < 1.29 is 19.4 Å². The van der Waals surface area contributed by atoms with Crippen molar-refractivity contribution in [2.24, 2.45) is 0 Å². The standard InChI is InChI=1S/C16H21NO4/c1-4-21-16(2,3)11-17-15(20)13-8-5-12(6-9-13)7-10-14(18)19/h5-10H,4,11H2,1-3H3,(H,17,20)(H,18,19)/b10-7+. The number of amides is 1. The highest BCUT2D eigenvalue weighted by Crippen LogP contribution is 2.09. The summed E-state index contributed by atoms with van der Waals surface area (Å²) in [6, 6.07) is 6.71. The van der Waals surface area contributed by atoms with Crippen LogP contribution >= 0.6 is 0 Å². The monoisotopic (exact) mass is 291 g/mol. The molecule has 0 radical (unpaired) electrons. The summed E-state index contributed by atoms with van der Waals surface area (Å²) >= 11 is 0. The number of carbonyl (C=O) groups is 2. The second kappa shape index (κ2) is 7.59. The largest absolute Gasteiger partial charge is 0.478 e. The van der Waals surface area contributed by atoms with Crippen LogP contribution in [0, 0.1) is 0 Å². The molecule has 0 atom stereocenters. The molecule has 0 heterocycles. The van der Waals surface area contributed by atoms with E-state index in [4.69, 9.17) is 9.84 Å². The van der Waals surface area contributed by atoms with E-state index in [9.17, 15) is 9.59 Å². The maximum Gasteiger partial charge on any atom is 0.328 e. The lowest BCUT2D eigenvalue weighted by atomic mass is 10.1. The fraction of sp³-hybridized carbons (Fsp3) is 0.375. The smallest absolute Gasteiger partial charge is 0.328 e. The molecule has 0 fully saturated rings. The Kier molecular flexibility index (Phi) is 6.11. The average molecular weight is 291 g/mol. The van der Waals surface area contributed by atoms with Crippen molar-refractivity contribution in [3.05, 3.63) is 41.5 Å². The number of ether oxygens (including phenoxy) is 1. The van der Waals surface area contributed by atoms with Gasteiger partial charge in [0.25, 0.3) is 5.91 Å². The Hall–Kier alpha value is -2.14. The zero-order valence-electron chi connectivity index (χ0n) is 12.6. The molecular weight excluding hydrogens is 270 g/mol. The van der Waals surface area contributed by atoms with Crippen LogP contribution in [-0.2, 0) is 9.53 Å². The Morgan fingerprint density at radius 3 is 2.43 bits per heavy atom. The van der Waals surface area contributed by atoms with Crippen LogP contribution in [0.5, 0.6) is 0 Å². The van der Waals surface area contributed by atoms with Gasteiger partial charge in [-0.05, 0) is 44.5 Å². The normalized spacial score (nSPS) is 11.6. The first-order valence-corrected chi connectivity index (χ1v) is 6.77. The van der Waals surface area contributed by atoms with Crippen LogP contribution in [0.1, 0.15) is 36.7 Å². The van der Waals surface area contributed by atoms with Crippen molar-refractivity contribution in [3.8, 4) is 0 Å². The van der Waals surface area contributed by atoms with Gasteiger partial charge in [0.2, 0.25) is 0 Å². The fourth-order valence-corrected chi connectivity index (χ4v) is 1.75. The molecule has 0 bridgehead atoms. The first-order chi connectivity index (χ1) is 9.84. The lowest BCUT2D eigenvalue weighted by Crippen LogP contribution is -2.40. The van der Waals surface area contributed by atoms with E-state index in [1.807, 2.05) is 20.8 Å². The molecule has 0 aliphatic rings. The topological polar surface area (TPSA) is 75.6 Å². The molecular formula is C16H21NO4. The maximum atomic E-state index is 12.0. The molecule has 2 N–H and O–H groups in total. The molecule has 0 unspecified atom stereocenters. The Morgan fingerprint density at radius 2 is 1.90 bits per heavy atom. The van der Waals surface area contributed by atoms with Crippen LogP contribution < -0.4 is 5.32 Å². The number of aliphatic carboxylic acids is 1. The molecule has 0 aromatic heterocycles. The SMILES string of the molecule is CCOC(C)(C)CNC(=O)c1ccc(/C=C/C(=O)O)cc1. The quantitative estimate of drug-likeness (QED) is 0.756. The number of benzene rings is 1. The van der Waals surface area contributed by atoms with Gasteiger partial charge in [-0.25, -0.2) is 4.79 Å². The maximum absolute atomic E-state index is 12.0. The summed E-state index contributed by atoms with van der Waals surface area (Å²) in [7, 11) is 0. The highest BCUT2D eigenvalue weighted by Gasteiger charge is 2.18. The van der Waals surface area contributed by atoms with Crippen LogP contribution in [-0.4, -0.2) is 35.7 Å². The predicted molar refractivity (Wildman–Crippen MR) is 81.2 cm³/mol. The molecule has 0 aliphatic carbocycles. The molecule has 21 heavy (non-hydrogen) atoms. The van der Waals surface area contributed by atoms with E-state index in [2.05, 4.69) is 5.32 Å². The second-order valence-electron chi connectivity index (χ2n) is 5.17. The lowest BCUT2D eigenvalue weighted by Gasteiger charge is -2.24. The average Bonchev–Trinajstić information content (AvgIpc) is 2.43. The summed E-state index contributed by atoms with van der Waals surface area (Å²) in [4.78, 5) is 22.4. The number of carboxylic acids is 1. The summed E-state index contributed by atoms with van der Waals surface area (Å²) in [6.45, 7) is 6.74. The third kappa shape index (κ3) is 6.23. The Bertz CT molecular complexity index is 518.